The van der Waals surface area contributed by atoms with E-state index in [1.54, 1.807) is 36.4 Å². The number of nitrogens with one attached hydrogen (secondary N) is 1. The lowest BCUT2D eigenvalue weighted by molar-refractivity contribution is 0.0952. The van der Waals surface area contributed by atoms with Crippen LogP contribution in [0.1, 0.15) is 21.5 Å². The highest BCUT2D eigenvalue weighted by Gasteiger charge is 2.14. The second-order valence-electron chi connectivity index (χ2n) is 6.42. The molecule has 32 heavy (non-hydrogen) atoms. The van der Waals surface area contributed by atoms with E-state index in [9.17, 15) is 9.90 Å². The summed E-state index contributed by atoms with van der Waals surface area (Å²) in [6, 6.07) is 13.2. The Morgan fingerprint density at radius 1 is 1.16 bits per heavy atom. The number of phenolic OH excluding ortho intramolecular Hbond substituents is 1. The SMILES string of the molecule is COc1cc(/C=N/NC(=O)c2cc(Br)ccc2O)cc(Br)c1OCc1ccc(Cl)cc1Cl. The van der Waals surface area contributed by atoms with E-state index >= 15 is 0 Å². The van der Waals surface area contributed by atoms with E-state index < -0.39 is 5.91 Å². The summed E-state index contributed by atoms with van der Waals surface area (Å²) in [6.45, 7) is 0.213. The molecule has 0 aliphatic rings. The van der Waals surface area contributed by atoms with E-state index in [0.29, 0.717) is 36.1 Å². The highest BCUT2D eigenvalue weighted by Crippen LogP contribution is 2.37. The maximum absolute atomic E-state index is 12.2. The molecule has 166 valence electrons. The van der Waals surface area contributed by atoms with Crippen molar-refractivity contribution >= 4 is 67.2 Å². The molecule has 0 unspecified atom stereocenters. The zero-order valence-electron chi connectivity index (χ0n) is 16.5. The Labute approximate surface area is 211 Å². The minimum absolute atomic E-state index is 0.0971. The predicted octanol–water partition coefficient (Wildman–Crippen LogP) is 6.58. The molecule has 0 aromatic heterocycles. The van der Waals surface area contributed by atoms with Crippen LogP contribution in [0.25, 0.3) is 0 Å². The smallest absolute Gasteiger partial charge is 0.275 e. The monoisotopic (exact) mass is 600 g/mol. The molecule has 0 aliphatic heterocycles. The largest absolute Gasteiger partial charge is 0.507 e. The first kappa shape index (κ1) is 24.4. The van der Waals surface area contributed by atoms with Gasteiger partial charge in [0, 0.05) is 20.1 Å². The number of benzene rings is 3. The number of carbonyl (C=O) groups is 1. The van der Waals surface area contributed by atoms with E-state index in [-0.39, 0.29) is 17.9 Å². The minimum atomic E-state index is -0.550. The Kier molecular flexibility index (Phi) is 8.42. The van der Waals surface area contributed by atoms with Crippen LogP contribution < -0.4 is 14.9 Å². The lowest BCUT2D eigenvalue weighted by atomic mass is 10.2. The van der Waals surface area contributed by atoms with Gasteiger partial charge in [-0.15, -0.1) is 0 Å². The van der Waals surface area contributed by atoms with Crippen LogP contribution in [0.5, 0.6) is 17.2 Å². The van der Waals surface area contributed by atoms with Crippen molar-refractivity contribution in [2.24, 2.45) is 5.10 Å². The molecule has 0 spiro atoms. The van der Waals surface area contributed by atoms with Gasteiger partial charge >= 0.3 is 0 Å². The van der Waals surface area contributed by atoms with Crippen molar-refractivity contribution in [1.29, 1.82) is 0 Å². The number of halogens is 4. The normalized spacial score (nSPS) is 10.9. The van der Waals surface area contributed by atoms with Gasteiger partial charge in [-0.05, 0) is 64.0 Å². The molecule has 0 atom stereocenters. The first-order valence-electron chi connectivity index (χ1n) is 9.04. The highest BCUT2D eigenvalue weighted by atomic mass is 79.9. The number of hydrazone groups is 1. The molecule has 3 aromatic rings. The van der Waals surface area contributed by atoms with Crippen LogP contribution in [-0.4, -0.2) is 24.3 Å². The molecule has 1 amide bonds. The minimum Gasteiger partial charge on any atom is -0.507 e. The van der Waals surface area contributed by atoms with E-state index in [1.807, 2.05) is 0 Å². The Morgan fingerprint density at radius 2 is 1.94 bits per heavy atom. The van der Waals surface area contributed by atoms with Gasteiger partial charge in [-0.3, -0.25) is 4.79 Å². The van der Waals surface area contributed by atoms with Crippen LogP contribution in [0.2, 0.25) is 10.0 Å². The fourth-order valence-corrected chi connectivity index (χ4v) is 4.06. The number of amides is 1. The number of hydrogen-bond donors (Lipinski definition) is 2. The number of methoxy groups -OCH3 is 1. The van der Waals surface area contributed by atoms with Crippen molar-refractivity contribution in [3.63, 3.8) is 0 Å². The van der Waals surface area contributed by atoms with Gasteiger partial charge in [0.1, 0.15) is 12.4 Å². The average Bonchev–Trinajstić information content (AvgIpc) is 2.75. The molecule has 0 heterocycles. The van der Waals surface area contributed by atoms with Crippen molar-refractivity contribution in [3.8, 4) is 17.2 Å². The summed E-state index contributed by atoms with van der Waals surface area (Å²) in [4.78, 5) is 12.2. The molecule has 10 heteroatoms. The third-order valence-electron chi connectivity index (χ3n) is 4.22. The third kappa shape index (κ3) is 6.16. The summed E-state index contributed by atoms with van der Waals surface area (Å²) in [7, 11) is 1.52. The Morgan fingerprint density at radius 3 is 2.66 bits per heavy atom. The van der Waals surface area contributed by atoms with Gasteiger partial charge < -0.3 is 14.6 Å². The lowest BCUT2D eigenvalue weighted by Crippen LogP contribution is -2.17. The predicted molar refractivity (Wildman–Crippen MR) is 132 cm³/mol. The summed E-state index contributed by atoms with van der Waals surface area (Å²) in [5.41, 5.74) is 3.89. The maximum Gasteiger partial charge on any atom is 0.275 e. The van der Waals surface area contributed by atoms with Gasteiger partial charge in [-0.25, -0.2) is 5.43 Å². The fourth-order valence-electron chi connectivity index (χ4n) is 2.66. The van der Waals surface area contributed by atoms with E-state index in [0.717, 1.165) is 5.56 Å². The second-order valence-corrected chi connectivity index (χ2v) is 9.03. The Balaban J connectivity index is 1.72. The summed E-state index contributed by atoms with van der Waals surface area (Å²) in [5.74, 6) is 0.249. The number of phenols is 1. The average molecular weight is 603 g/mol. The van der Waals surface area contributed by atoms with Crippen molar-refractivity contribution < 1.29 is 19.4 Å². The molecule has 0 saturated heterocycles. The highest BCUT2D eigenvalue weighted by molar-refractivity contribution is 9.10. The number of hydrogen-bond acceptors (Lipinski definition) is 5. The van der Waals surface area contributed by atoms with Crippen LogP contribution in [-0.2, 0) is 6.61 Å². The van der Waals surface area contributed by atoms with Crippen LogP contribution in [0.15, 0.2) is 62.6 Å². The lowest BCUT2D eigenvalue weighted by Gasteiger charge is -2.14. The standard InChI is InChI=1S/C22H16Br2Cl2N2O4/c1-31-20-7-12(10-27-28-22(30)16-8-14(23)3-5-19(16)29)6-17(24)21(20)32-11-13-2-4-15(25)9-18(13)26/h2-10,29H,11H2,1H3,(H,28,30)/b27-10+. The number of aromatic hydroxyl groups is 1. The maximum atomic E-state index is 12.2. The molecule has 3 aromatic carbocycles. The number of carbonyl (C=O) groups excluding carboxylic acids is 1. The quantitative estimate of drug-likeness (QED) is 0.237. The molecule has 0 radical (unpaired) electrons. The Hall–Kier alpha value is -2.26. The van der Waals surface area contributed by atoms with Gasteiger partial charge in [0.25, 0.3) is 5.91 Å². The van der Waals surface area contributed by atoms with Crippen molar-refractivity contribution in [1.82, 2.24) is 5.43 Å². The molecule has 6 nitrogen and oxygen atoms in total. The zero-order valence-corrected chi connectivity index (χ0v) is 21.2. The first-order chi connectivity index (χ1) is 15.3. The topological polar surface area (TPSA) is 80.2 Å². The second kappa shape index (κ2) is 11.0. The zero-order chi connectivity index (χ0) is 23.3. The van der Waals surface area contributed by atoms with Gasteiger partial charge in [0.2, 0.25) is 0 Å². The van der Waals surface area contributed by atoms with Crippen LogP contribution in [0, 0.1) is 0 Å². The van der Waals surface area contributed by atoms with Gasteiger partial charge in [0.05, 0.1) is 23.4 Å². The van der Waals surface area contributed by atoms with Crippen molar-refractivity contribution in [3.05, 3.63) is 84.2 Å². The fraction of sp³-hybridized carbons (Fsp3) is 0.0909. The molecular formula is C22H16Br2Cl2N2O4. The van der Waals surface area contributed by atoms with Crippen LogP contribution in [0.3, 0.4) is 0 Å². The van der Waals surface area contributed by atoms with Crippen LogP contribution >= 0.6 is 55.1 Å². The van der Waals surface area contributed by atoms with Crippen molar-refractivity contribution in [2.75, 3.05) is 7.11 Å². The molecule has 2 N–H and O–H groups in total. The first-order valence-corrected chi connectivity index (χ1v) is 11.4. The van der Waals surface area contributed by atoms with Crippen molar-refractivity contribution in [2.45, 2.75) is 6.61 Å². The molecule has 0 aliphatic carbocycles. The van der Waals surface area contributed by atoms with Crippen LogP contribution in [0.4, 0.5) is 0 Å². The number of ether oxygens (including phenoxy) is 2. The number of rotatable bonds is 7. The van der Waals surface area contributed by atoms with E-state index in [4.69, 9.17) is 32.7 Å². The summed E-state index contributed by atoms with van der Waals surface area (Å²) >= 11 is 18.9. The molecule has 0 bridgehead atoms. The van der Waals surface area contributed by atoms with E-state index in [2.05, 4.69) is 42.4 Å². The van der Waals surface area contributed by atoms with Gasteiger partial charge in [0.15, 0.2) is 11.5 Å². The van der Waals surface area contributed by atoms with E-state index in [1.165, 1.54) is 25.5 Å². The molecule has 0 saturated carbocycles. The molecule has 0 fully saturated rings. The Bertz CT molecular complexity index is 1190. The molecular weight excluding hydrogens is 587 g/mol. The summed E-state index contributed by atoms with van der Waals surface area (Å²) in [5, 5.41) is 14.8. The summed E-state index contributed by atoms with van der Waals surface area (Å²) < 4.78 is 12.6. The third-order valence-corrected chi connectivity index (χ3v) is 5.89. The number of nitrogens with zero attached hydrogens (tertiary/aromatic N) is 1. The summed E-state index contributed by atoms with van der Waals surface area (Å²) in [6.07, 6.45) is 1.44. The van der Waals surface area contributed by atoms with Gasteiger partial charge in [-0.2, -0.15) is 5.10 Å². The van der Waals surface area contributed by atoms with Gasteiger partial charge in [-0.1, -0.05) is 45.2 Å². The molecule has 3 rings (SSSR count).